The first-order valence-electron chi connectivity index (χ1n) is 6.73. The van der Waals surface area contributed by atoms with Gasteiger partial charge in [0.05, 0.1) is 12.2 Å². The second-order valence-electron chi connectivity index (χ2n) is 5.17. The van der Waals surface area contributed by atoms with Gasteiger partial charge >= 0.3 is 0 Å². The van der Waals surface area contributed by atoms with E-state index in [2.05, 4.69) is 0 Å². The Labute approximate surface area is 118 Å². The first-order chi connectivity index (χ1) is 9.66. The molecule has 1 aliphatic heterocycles. The van der Waals surface area contributed by atoms with Crippen molar-refractivity contribution >= 4 is 11.5 Å². The molecule has 0 atom stereocenters. The maximum absolute atomic E-state index is 12.7. The van der Waals surface area contributed by atoms with Gasteiger partial charge < -0.3 is 9.64 Å². The lowest BCUT2D eigenvalue weighted by atomic mass is 9.99. The fourth-order valence-corrected chi connectivity index (χ4v) is 2.47. The Bertz CT molecular complexity index is 662. The molecule has 3 nitrogen and oxygen atoms in total. The standard InChI is InChI=1S/C17H17NO2/c1-18(2)14-7-3-6-13(11-14)16(19)15-8-4-5-12-9-10-20-17(12)15/h3-8,11H,9-10H2,1-2H3. The number of anilines is 1. The van der Waals surface area contributed by atoms with Crippen molar-refractivity contribution in [2.75, 3.05) is 25.6 Å². The van der Waals surface area contributed by atoms with E-state index in [9.17, 15) is 4.79 Å². The summed E-state index contributed by atoms with van der Waals surface area (Å²) >= 11 is 0. The molecule has 0 bridgehead atoms. The van der Waals surface area contributed by atoms with Crippen LogP contribution in [0, 0.1) is 0 Å². The zero-order chi connectivity index (χ0) is 14.1. The first kappa shape index (κ1) is 12.7. The molecule has 3 rings (SSSR count). The van der Waals surface area contributed by atoms with Crippen LogP contribution in [0.5, 0.6) is 5.75 Å². The van der Waals surface area contributed by atoms with E-state index in [4.69, 9.17) is 4.74 Å². The number of hydrogen-bond acceptors (Lipinski definition) is 3. The summed E-state index contributed by atoms with van der Waals surface area (Å²) in [5, 5.41) is 0. The molecule has 2 aromatic carbocycles. The van der Waals surface area contributed by atoms with Gasteiger partial charge in [-0.25, -0.2) is 0 Å². The summed E-state index contributed by atoms with van der Waals surface area (Å²) in [6.45, 7) is 0.664. The van der Waals surface area contributed by atoms with E-state index >= 15 is 0 Å². The van der Waals surface area contributed by atoms with Crippen LogP contribution in [0.1, 0.15) is 21.5 Å². The molecule has 3 heteroatoms. The third kappa shape index (κ3) is 2.16. The molecule has 0 saturated heterocycles. The molecule has 0 saturated carbocycles. The highest BCUT2D eigenvalue weighted by molar-refractivity contribution is 6.11. The van der Waals surface area contributed by atoms with Crippen LogP contribution in [0.3, 0.4) is 0 Å². The lowest BCUT2D eigenvalue weighted by Gasteiger charge is -2.13. The van der Waals surface area contributed by atoms with Crippen molar-refractivity contribution in [2.24, 2.45) is 0 Å². The largest absolute Gasteiger partial charge is 0.492 e. The molecule has 1 heterocycles. The van der Waals surface area contributed by atoms with Crippen molar-refractivity contribution in [3.63, 3.8) is 0 Å². The van der Waals surface area contributed by atoms with Gasteiger partial charge in [0.2, 0.25) is 0 Å². The van der Waals surface area contributed by atoms with Gasteiger partial charge in [-0.15, -0.1) is 0 Å². The molecule has 0 spiro atoms. The number of ketones is 1. The molecule has 0 radical (unpaired) electrons. The average molecular weight is 267 g/mol. The minimum absolute atomic E-state index is 0.0208. The van der Waals surface area contributed by atoms with Crippen LogP contribution in [0.2, 0.25) is 0 Å². The van der Waals surface area contributed by atoms with E-state index < -0.39 is 0 Å². The highest BCUT2D eigenvalue weighted by Gasteiger charge is 2.21. The number of carbonyl (C=O) groups excluding carboxylic acids is 1. The van der Waals surface area contributed by atoms with Crippen LogP contribution in [-0.2, 0) is 6.42 Å². The highest BCUT2D eigenvalue weighted by Crippen LogP contribution is 2.31. The summed E-state index contributed by atoms with van der Waals surface area (Å²) in [6, 6.07) is 13.5. The number of ether oxygens (including phenoxy) is 1. The maximum Gasteiger partial charge on any atom is 0.196 e. The fourth-order valence-electron chi connectivity index (χ4n) is 2.47. The smallest absolute Gasteiger partial charge is 0.196 e. The molecule has 0 aliphatic carbocycles. The molecule has 102 valence electrons. The van der Waals surface area contributed by atoms with Crippen molar-refractivity contribution in [1.82, 2.24) is 0 Å². The Balaban J connectivity index is 2.01. The Kier molecular flexibility index (Phi) is 3.18. The van der Waals surface area contributed by atoms with Gasteiger partial charge in [-0.3, -0.25) is 4.79 Å². The summed E-state index contributed by atoms with van der Waals surface area (Å²) < 4.78 is 5.62. The van der Waals surface area contributed by atoms with Crippen molar-refractivity contribution in [2.45, 2.75) is 6.42 Å². The van der Waals surface area contributed by atoms with E-state index in [0.29, 0.717) is 17.7 Å². The van der Waals surface area contributed by atoms with Crippen LogP contribution in [0.25, 0.3) is 0 Å². The maximum atomic E-state index is 12.7. The summed E-state index contributed by atoms with van der Waals surface area (Å²) in [5.41, 5.74) is 3.50. The van der Waals surface area contributed by atoms with E-state index in [1.807, 2.05) is 61.5 Å². The third-order valence-corrected chi connectivity index (χ3v) is 3.58. The molecule has 1 aliphatic rings. The van der Waals surface area contributed by atoms with Gasteiger partial charge in [0.15, 0.2) is 5.78 Å². The zero-order valence-electron chi connectivity index (χ0n) is 11.7. The van der Waals surface area contributed by atoms with Crippen LogP contribution < -0.4 is 9.64 Å². The topological polar surface area (TPSA) is 29.5 Å². The fraction of sp³-hybridized carbons (Fsp3) is 0.235. The zero-order valence-corrected chi connectivity index (χ0v) is 11.7. The van der Waals surface area contributed by atoms with Crippen LogP contribution in [0.15, 0.2) is 42.5 Å². The quantitative estimate of drug-likeness (QED) is 0.801. The summed E-state index contributed by atoms with van der Waals surface area (Å²) in [6.07, 6.45) is 0.883. The second-order valence-corrected chi connectivity index (χ2v) is 5.17. The van der Waals surface area contributed by atoms with Gasteiger partial charge in [0.1, 0.15) is 5.75 Å². The van der Waals surface area contributed by atoms with Gasteiger partial charge in [-0.1, -0.05) is 24.3 Å². The Morgan fingerprint density at radius 3 is 2.75 bits per heavy atom. The van der Waals surface area contributed by atoms with Crippen molar-refractivity contribution in [3.8, 4) is 5.75 Å². The molecule has 0 unspecified atom stereocenters. The Morgan fingerprint density at radius 1 is 1.15 bits per heavy atom. The number of carbonyl (C=O) groups is 1. The number of hydrogen-bond donors (Lipinski definition) is 0. The predicted molar refractivity (Wildman–Crippen MR) is 79.8 cm³/mol. The van der Waals surface area contributed by atoms with E-state index in [1.54, 1.807) is 0 Å². The van der Waals surface area contributed by atoms with E-state index in [1.165, 1.54) is 0 Å². The number of fused-ring (bicyclic) bond motifs is 1. The Hall–Kier alpha value is -2.29. The van der Waals surface area contributed by atoms with Crippen molar-refractivity contribution in [1.29, 1.82) is 0 Å². The van der Waals surface area contributed by atoms with Crippen molar-refractivity contribution < 1.29 is 9.53 Å². The van der Waals surface area contributed by atoms with Crippen LogP contribution >= 0.6 is 0 Å². The number of benzene rings is 2. The minimum atomic E-state index is 0.0208. The molecule has 20 heavy (non-hydrogen) atoms. The van der Waals surface area contributed by atoms with Gasteiger partial charge in [0.25, 0.3) is 0 Å². The molecular formula is C17H17NO2. The van der Waals surface area contributed by atoms with Gasteiger partial charge in [-0.05, 0) is 23.8 Å². The van der Waals surface area contributed by atoms with Crippen LogP contribution in [-0.4, -0.2) is 26.5 Å². The summed E-state index contributed by atoms with van der Waals surface area (Å²) in [7, 11) is 3.93. The van der Waals surface area contributed by atoms with Crippen molar-refractivity contribution in [3.05, 3.63) is 59.2 Å². The minimum Gasteiger partial charge on any atom is -0.492 e. The second kappa shape index (κ2) is 5.00. The van der Waals surface area contributed by atoms with E-state index in [0.717, 1.165) is 23.4 Å². The summed E-state index contributed by atoms with van der Waals surface area (Å²) in [5.74, 6) is 0.778. The van der Waals surface area contributed by atoms with E-state index in [-0.39, 0.29) is 5.78 Å². The Morgan fingerprint density at radius 2 is 1.95 bits per heavy atom. The lowest BCUT2D eigenvalue weighted by molar-refractivity contribution is 0.103. The molecule has 0 aromatic heterocycles. The molecule has 2 aromatic rings. The molecule has 0 fully saturated rings. The first-order valence-corrected chi connectivity index (χ1v) is 6.73. The predicted octanol–water partition coefficient (Wildman–Crippen LogP) is 2.92. The highest BCUT2D eigenvalue weighted by atomic mass is 16.5. The molecular weight excluding hydrogens is 250 g/mol. The summed E-state index contributed by atoms with van der Waals surface area (Å²) in [4.78, 5) is 14.7. The van der Waals surface area contributed by atoms with Gasteiger partial charge in [-0.2, -0.15) is 0 Å². The number of rotatable bonds is 3. The SMILES string of the molecule is CN(C)c1cccc(C(=O)c2cccc3c2OCC3)c1. The molecule has 0 N–H and O–H groups in total. The monoisotopic (exact) mass is 267 g/mol. The third-order valence-electron chi connectivity index (χ3n) is 3.58. The average Bonchev–Trinajstić information content (AvgIpc) is 2.95. The lowest BCUT2D eigenvalue weighted by Crippen LogP contribution is -2.10. The normalized spacial score (nSPS) is 12.7. The molecule has 0 amide bonds. The number of para-hydroxylation sites is 1. The van der Waals surface area contributed by atoms with Gasteiger partial charge in [0, 0.05) is 31.8 Å². The van der Waals surface area contributed by atoms with Crippen LogP contribution in [0.4, 0.5) is 5.69 Å². The number of nitrogens with zero attached hydrogens (tertiary/aromatic N) is 1.